The number of hydrogen-bond acceptors (Lipinski definition) is 3. The van der Waals surface area contributed by atoms with Crippen LogP contribution in [0.2, 0.25) is 0 Å². The van der Waals surface area contributed by atoms with Crippen molar-refractivity contribution in [3.05, 3.63) is 21.9 Å². The van der Waals surface area contributed by atoms with Crippen LogP contribution in [0.25, 0.3) is 0 Å². The van der Waals surface area contributed by atoms with Crippen LogP contribution in [0.1, 0.15) is 35.7 Å². The monoisotopic (exact) mass is 306 g/mol. The molecule has 0 aromatic carbocycles. The van der Waals surface area contributed by atoms with Crippen LogP contribution in [0.5, 0.6) is 0 Å². The number of carbonyl (C=O) groups is 1. The average Bonchev–Trinajstić information content (AvgIpc) is 2.90. The van der Waals surface area contributed by atoms with E-state index < -0.39 is 24.8 Å². The maximum Gasteiger partial charge on any atom is 0.390 e. The first kappa shape index (κ1) is 15.3. The zero-order chi connectivity index (χ0) is 14.9. The third-order valence-corrected chi connectivity index (χ3v) is 4.38. The van der Waals surface area contributed by atoms with Gasteiger partial charge in [0.25, 0.3) is 0 Å². The van der Waals surface area contributed by atoms with Crippen LogP contribution in [0, 0.1) is 6.92 Å². The molecule has 0 spiro atoms. The molecule has 2 rings (SSSR count). The summed E-state index contributed by atoms with van der Waals surface area (Å²) in [6.45, 7) is 3.48. The molecule has 0 bridgehead atoms. The Hall–Kier alpha value is -1.08. The minimum Gasteiger partial charge on any atom is -0.320 e. The van der Waals surface area contributed by atoms with Crippen molar-refractivity contribution < 1.29 is 18.0 Å². The SMILES string of the molecule is CCC1NC(c2ccc(C)s2)N(CCC(F)(F)F)C1=O. The first-order valence-electron chi connectivity index (χ1n) is 6.51. The van der Waals surface area contributed by atoms with Gasteiger partial charge in [-0.15, -0.1) is 11.3 Å². The number of aryl methyl sites for hydroxylation is 1. The normalized spacial score (nSPS) is 23.6. The van der Waals surface area contributed by atoms with E-state index >= 15 is 0 Å². The van der Waals surface area contributed by atoms with Crippen molar-refractivity contribution in [3.8, 4) is 0 Å². The van der Waals surface area contributed by atoms with Crippen LogP contribution < -0.4 is 5.32 Å². The average molecular weight is 306 g/mol. The highest BCUT2D eigenvalue weighted by Crippen LogP contribution is 2.32. The number of halogens is 3. The summed E-state index contributed by atoms with van der Waals surface area (Å²) in [7, 11) is 0. The largest absolute Gasteiger partial charge is 0.390 e. The fraction of sp³-hybridized carbons (Fsp3) is 0.615. The number of hydrogen-bond donors (Lipinski definition) is 1. The molecule has 112 valence electrons. The van der Waals surface area contributed by atoms with Gasteiger partial charge in [-0.1, -0.05) is 6.92 Å². The van der Waals surface area contributed by atoms with Gasteiger partial charge in [0.1, 0.15) is 6.17 Å². The molecule has 2 atom stereocenters. The number of alkyl halides is 3. The minimum absolute atomic E-state index is 0.243. The van der Waals surface area contributed by atoms with Crippen LogP contribution in [-0.4, -0.2) is 29.6 Å². The van der Waals surface area contributed by atoms with Crippen LogP contribution in [-0.2, 0) is 4.79 Å². The topological polar surface area (TPSA) is 32.3 Å². The standard InChI is InChI=1S/C13H17F3N2OS/c1-3-9-12(19)18(7-6-13(14,15)16)11(17-9)10-5-4-8(2)20-10/h4-5,9,11,17H,3,6-7H2,1-2H3. The summed E-state index contributed by atoms with van der Waals surface area (Å²) >= 11 is 1.50. The summed E-state index contributed by atoms with van der Waals surface area (Å²) in [5.41, 5.74) is 0. The van der Waals surface area contributed by atoms with Gasteiger partial charge in [-0.2, -0.15) is 13.2 Å². The fourth-order valence-electron chi connectivity index (χ4n) is 2.29. The van der Waals surface area contributed by atoms with Gasteiger partial charge in [0.15, 0.2) is 0 Å². The molecule has 1 N–H and O–H groups in total. The van der Waals surface area contributed by atoms with Gasteiger partial charge in [0.05, 0.1) is 12.5 Å². The second-order valence-corrected chi connectivity index (χ2v) is 6.19. The van der Waals surface area contributed by atoms with Crippen molar-refractivity contribution >= 4 is 17.2 Å². The van der Waals surface area contributed by atoms with Gasteiger partial charge in [-0.3, -0.25) is 10.1 Å². The highest BCUT2D eigenvalue weighted by atomic mass is 32.1. The van der Waals surface area contributed by atoms with Crippen LogP contribution in [0.15, 0.2) is 12.1 Å². The Morgan fingerprint density at radius 3 is 2.60 bits per heavy atom. The fourth-order valence-corrected chi connectivity index (χ4v) is 3.25. The smallest absolute Gasteiger partial charge is 0.320 e. The van der Waals surface area contributed by atoms with Crippen molar-refractivity contribution in [1.82, 2.24) is 10.2 Å². The van der Waals surface area contributed by atoms with Crippen molar-refractivity contribution in [2.45, 2.75) is 45.1 Å². The lowest BCUT2D eigenvalue weighted by atomic mass is 10.2. The van der Waals surface area contributed by atoms with Gasteiger partial charge in [0, 0.05) is 16.3 Å². The van der Waals surface area contributed by atoms with Gasteiger partial charge in [0.2, 0.25) is 5.91 Å². The van der Waals surface area contributed by atoms with E-state index in [0.717, 1.165) is 9.75 Å². The third-order valence-electron chi connectivity index (χ3n) is 3.33. The molecule has 7 heteroatoms. The second kappa shape index (κ2) is 5.73. The summed E-state index contributed by atoms with van der Waals surface area (Å²) in [6.07, 6.45) is -5.09. The summed E-state index contributed by atoms with van der Waals surface area (Å²) < 4.78 is 37.2. The molecule has 1 saturated heterocycles. The van der Waals surface area contributed by atoms with E-state index in [4.69, 9.17) is 0 Å². The van der Waals surface area contributed by atoms with E-state index in [1.165, 1.54) is 16.2 Å². The Bertz CT molecular complexity index is 486. The molecule has 20 heavy (non-hydrogen) atoms. The summed E-state index contributed by atoms with van der Waals surface area (Å²) in [5, 5.41) is 3.13. The third kappa shape index (κ3) is 3.32. The molecule has 0 saturated carbocycles. The van der Waals surface area contributed by atoms with E-state index in [1.54, 1.807) is 0 Å². The highest BCUT2D eigenvalue weighted by molar-refractivity contribution is 7.12. The minimum atomic E-state index is -4.25. The van der Waals surface area contributed by atoms with E-state index in [9.17, 15) is 18.0 Å². The lowest BCUT2D eigenvalue weighted by molar-refractivity contribution is -0.145. The Labute approximate surface area is 119 Å². The zero-order valence-corrected chi connectivity index (χ0v) is 12.1. The predicted octanol–water partition coefficient (Wildman–Crippen LogP) is 3.22. The molecular formula is C13H17F3N2OS. The maximum absolute atomic E-state index is 12.4. The molecule has 1 amide bonds. The van der Waals surface area contributed by atoms with E-state index in [-0.39, 0.29) is 12.5 Å². The van der Waals surface area contributed by atoms with Gasteiger partial charge in [-0.05, 0) is 25.5 Å². The molecule has 2 unspecified atom stereocenters. The maximum atomic E-state index is 12.4. The Morgan fingerprint density at radius 2 is 2.10 bits per heavy atom. The number of nitrogens with one attached hydrogen (secondary N) is 1. The van der Waals surface area contributed by atoms with E-state index in [1.807, 2.05) is 26.0 Å². The van der Waals surface area contributed by atoms with Crippen molar-refractivity contribution in [3.63, 3.8) is 0 Å². The number of nitrogens with zero attached hydrogens (tertiary/aromatic N) is 1. The Balaban J connectivity index is 2.17. The summed E-state index contributed by atoms with van der Waals surface area (Å²) in [4.78, 5) is 15.4. The second-order valence-electron chi connectivity index (χ2n) is 4.88. The number of rotatable bonds is 4. The Morgan fingerprint density at radius 1 is 1.40 bits per heavy atom. The number of carbonyl (C=O) groups excluding carboxylic acids is 1. The van der Waals surface area contributed by atoms with Crippen molar-refractivity contribution in [1.29, 1.82) is 0 Å². The highest BCUT2D eigenvalue weighted by Gasteiger charge is 2.41. The van der Waals surface area contributed by atoms with Crippen LogP contribution in [0.3, 0.4) is 0 Å². The molecule has 0 radical (unpaired) electrons. The molecule has 2 heterocycles. The number of thiophene rings is 1. The summed E-state index contributed by atoms with van der Waals surface area (Å²) in [6, 6.07) is 3.38. The molecule has 1 aliphatic heterocycles. The van der Waals surface area contributed by atoms with E-state index in [0.29, 0.717) is 6.42 Å². The summed E-state index contributed by atoms with van der Waals surface area (Å²) in [5.74, 6) is -0.243. The van der Waals surface area contributed by atoms with Crippen LogP contribution in [0.4, 0.5) is 13.2 Å². The molecule has 1 aliphatic rings. The van der Waals surface area contributed by atoms with Crippen molar-refractivity contribution in [2.24, 2.45) is 0 Å². The molecule has 1 aromatic heterocycles. The first-order valence-corrected chi connectivity index (χ1v) is 7.33. The van der Waals surface area contributed by atoms with E-state index in [2.05, 4.69) is 5.32 Å². The molecule has 1 aromatic rings. The van der Waals surface area contributed by atoms with Crippen LogP contribution >= 0.6 is 11.3 Å². The number of amides is 1. The lowest BCUT2D eigenvalue weighted by Gasteiger charge is -2.23. The zero-order valence-electron chi connectivity index (χ0n) is 11.3. The molecular weight excluding hydrogens is 289 g/mol. The van der Waals surface area contributed by atoms with Gasteiger partial charge in [-0.25, -0.2) is 0 Å². The van der Waals surface area contributed by atoms with Gasteiger partial charge < -0.3 is 4.90 Å². The Kier molecular flexibility index (Phi) is 4.39. The quantitative estimate of drug-likeness (QED) is 0.926. The predicted molar refractivity (Wildman–Crippen MR) is 71.4 cm³/mol. The van der Waals surface area contributed by atoms with Crippen molar-refractivity contribution in [2.75, 3.05) is 6.54 Å². The molecule has 3 nitrogen and oxygen atoms in total. The first-order chi connectivity index (χ1) is 9.31. The lowest BCUT2D eigenvalue weighted by Crippen LogP contribution is -2.33. The molecule has 1 fully saturated rings. The molecule has 0 aliphatic carbocycles. The van der Waals surface area contributed by atoms with Gasteiger partial charge >= 0.3 is 6.18 Å².